The Hall–Kier alpha value is -2.52. The molecule has 0 unspecified atom stereocenters. The predicted molar refractivity (Wildman–Crippen MR) is 131 cm³/mol. The van der Waals surface area contributed by atoms with Crippen LogP contribution in [-0.2, 0) is 17.8 Å². The third-order valence-corrected chi connectivity index (χ3v) is 7.39. The first-order chi connectivity index (χ1) is 15.1. The van der Waals surface area contributed by atoms with Gasteiger partial charge in [0.1, 0.15) is 10.0 Å². The highest BCUT2D eigenvalue weighted by molar-refractivity contribution is 7.22. The molecule has 1 aliphatic heterocycles. The van der Waals surface area contributed by atoms with Crippen LogP contribution in [0.1, 0.15) is 10.4 Å². The highest BCUT2D eigenvalue weighted by Crippen LogP contribution is 2.45. The van der Waals surface area contributed by atoms with Crippen LogP contribution in [0.2, 0.25) is 0 Å². The zero-order valence-corrected chi connectivity index (χ0v) is 19.7. The average molecular weight is 490 g/mol. The smallest absolute Gasteiger partial charge is 0.262 e. The molecular weight excluding hydrogens is 469 g/mol. The van der Waals surface area contributed by atoms with E-state index in [9.17, 15) is 9.18 Å². The number of halogens is 2. The van der Waals surface area contributed by atoms with Gasteiger partial charge in [0.25, 0.3) is 5.91 Å². The monoisotopic (exact) mass is 489 g/mol. The van der Waals surface area contributed by atoms with Crippen LogP contribution < -0.4 is 10.1 Å². The molecule has 0 atom stereocenters. The molecule has 0 fully saturated rings. The molecular formula is C23H21ClFN3O2S2. The minimum atomic E-state index is -0.486. The third kappa shape index (κ3) is 4.49. The minimum Gasteiger partial charge on any atom is -0.481 e. The molecule has 1 N–H and O–H groups in total. The number of ether oxygens (including phenoxy) is 1. The highest BCUT2D eigenvalue weighted by Gasteiger charge is 2.26. The summed E-state index contributed by atoms with van der Waals surface area (Å²) in [6.45, 7) is 1.55. The van der Waals surface area contributed by atoms with E-state index in [0.717, 1.165) is 45.3 Å². The number of nitrogens with one attached hydrogen (secondary N) is 1. The van der Waals surface area contributed by atoms with Crippen molar-refractivity contribution in [3.8, 4) is 16.3 Å². The van der Waals surface area contributed by atoms with Crippen LogP contribution in [0.25, 0.3) is 20.8 Å². The van der Waals surface area contributed by atoms with Gasteiger partial charge in [-0.25, -0.2) is 9.37 Å². The van der Waals surface area contributed by atoms with Crippen LogP contribution in [0.3, 0.4) is 0 Å². The number of carbonyl (C=O) groups is 1. The molecule has 0 saturated heterocycles. The van der Waals surface area contributed by atoms with Crippen molar-refractivity contribution in [2.75, 3.05) is 25.5 Å². The molecule has 5 nitrogen and oxygen atoms in total. The van der Waals surface area contributed by atoms with Crippen molar-refractivity contribution in [1.82, 2.24) is 9.88 Å². The quantitative estimate of drug-likeness (QED) is 0.397. The summed E-state index contributed by atoms with van der Waals surface area (Å²) in [4.78, 5) is 21.0. The van der Waals surface area contributed by atoms with Gasteiger partial charge in [-0.15, -0.1) is 35.1 Å². The summed E-state index contributed by atoms with van der Waals surface area (Å²) < 4.78 is 20.3. The van der Waals surface area contributed by atoms with E-state index in [-0.39, 0.29) is 30.7 Å². The fraction of sp³-hybridized carbons (Fsp3) is 0.217. The van der Waals surface area contributed by atoms with Gasteiger partial charge in [-0.3, -0.25) is 4.79 Å². The maximum Gasteiger partial charge on any atom is 0.262 e. The molecule has 166 valence electrons. The van der Waals surface area contributed by atoms with E-state index in [1.54, 1.807) is 34.8 Å². The number of thiophene rings is 1. The van der Waals surface area contributed by atoms with Crippen molar-refractivity contribution in [3.05, 3.63) is 64.8 Å². The van der Waals surface area contributed by atoms with Gasteiger partial charge < -0.3 is 15.0 Å². The number of thiazole rings is 1. The van der Waals surface area contributed by atoms with Crippen LogP contribution in [0.4, 0.5) is 9.39 Å². The Labute approximate surface area is 199 Å². The van der Waals surface area contributed by atoms with Crippen LogP contribution >= 0.6 is 35.1 Å². The van der Waals surface area contributed by atoms with Crippen molar-refractivity contribution in [2.45, 2.75) is 13.0 Å². The first-order valence-corrected chi connectivity index (χ1v) is 11.6. The van der Waals surface area contributed by atoms with Crippen LogP contribution in [0.15, 0.2) is 48.5 Å². The second-order valence-corrected chi connectivity index (χ2v) is 9.59. The Morgan fingerprint density at radius 2 is 1.97 bits per heavy atom. The summed E-state index contributed by atoms with van der Waals surface area (Å²) in [6, 6.07) is 14.1. The SMILES string of the molecule is CN1CCc2c(sc(NC(=O)COc3ccccc3F)c2-c2nc3ccccc3s2)C1.Cl. The molecule has 4 aromatic rings. The van der Waals surface area contributed by atoms with E-state index in [0.29, 0.717) is 0 Å². The number of nitrogens with zero attached hydrogens (tertiary/aromatic N) is 2. The third-order valence-electron chi connectivity index (χ3n) is 5.20. The summed E-state index contributed by atoms with van der Waals surface area (Å²) in [5.74, 6) is -0.742. The number of fused-ring (bicyclic) bond motifs is 2. The lowest BCUT2D eigenvalue weighted by Crippen LogP contribution is -2.25. The molecule has 1 amide bonds. The van der Waals surface area contributed by atoms with E-state index in [4.69, 9.17) is 9.72 Å². The van der Waals surface area contributed by atoms with Gasteiger partial charge in [-0.2, -0.15) is 0 Å². The normalized spacial score (nSPS) is 13.4. The molecule has 0 aliphatic carbocycles. The van der Waals surface area contributed by atoms with E-state index in [1.165, 1.54) is 22.6 Å². The lowest BCUT2D eigenvalue weighted by Gasteiger charge is -2.22. The fourth-order valence-electron chi connectivity index (χ4n) is 3.69. The van der Waals surface area contributed by atoms with Crippen LogP contribution in [0, 0.1) is 5.82 Å². The maximum atomic E-state index is 13.8. The number of hydrogen-bond donors (Lipinski definition) is 1. The lowest BCUT2D eigenvalue weighted by molar-refractivity contribution is -0.118. The molecule has 3 heterocycles. The summed E-state index contributed by atoms with van der Waals surface area (Å²) in [7, 11) is 2.10. The Balaban J connectivity index is 0.00000245. The molecule has 0 radical (unpaired) electrons. The van der Waals surface area contributed by atoms with Crippen LogP contribution in [-0.4, -0.2) is 36.0 Å². The largest absolute Gasteiger partial charge is 0.481 e. The molecule has 0 saturated carbocycles. The van der Waals surface area contributed by atoms with Crippen molar-refractivity contribution in [2.24, 2.45) is 0 Å². The van der Waals surface area contributed by atoms with Gasteiger partial charge in [0.05, 0.1) is 10.2 Å². The topological polar surface area (TPSA) is 54.5 Å². The van der Waals surface area contributed by atoms with Crippen molar-refractivity contribution < 1.29 is 13.9 Å². The average Bonchev–Trinajstić information content (AvgIpc) is 3.33. The van der Waals surface area contributed by atoms with Crippen molar-refractivity contribution in [1.29, 1.82) is 0 Å². The number of hydrogen-bond acceptors (Lipinski definition) is 6. The molecule has 0 spiro atoms. The summed E-state index contributed by atoms with van der Waals surface area (Å²) in [5.41, 5.74) is 3.22. The Bertz CT molecular complexity index is 1240. The number of carbonyl (C=O) groups excluding carboxylic acids is 1. The molecule has 9 heteroatoms. The van der Waals surface area contributed by atoms with Gasteiger partial charge in [0, 0.05) is 23.5 Å². The Morgan fingerprint density at radius 1 is 1.19 bits per heavy atom. The number of likely N-dealkylation sites (N-methyl/N-ethyl adjacent to an activating group) is 1. The second-order valence-electron chi connectivity index (χ2n) is 7.45. The predicted octanol–water partition coefficient (Wildman–Crippen LogP) is 5.59. The van der Waals surface area contributed by atoms with E-state index in [1.807, 2.05) is 18.2 Å². The molecule has 2 aromatic heterocycles. The molecule has 0 bridgehead atoms. The zero-order chi connectivity index (χ0) is 21.4. The van der Waals surface area contributed by atoms with Gasteiger partial charge in [0.15, 0.2) is 18.2 Å². The molecule has 5 rings (SSSR count). The van der Waals surface area contributed by atoms with E-state index >= 15 is 0 Å². The Kier molecular flexibility index (Phi) is 6.76. The number of amides is 1. The van der Waals surface area contributed by atoms with Gasteiger partial charge >= 0.3 is 0 Å². The van der Waals surface area contributed by atoms with Gasteiger partial charge in [0.2, 0.25) is 0 Å². The van der Waals surface area contributed by atoms with E-state index < -0.39 is 5.82 Å². The molecule has 1 aliphatic rings. The zero-order valence-electron chi connectivity index (χ0n) is 17.3. The summed E-state index contributed by atoms with van der Waals surface area (Å²) in [6.07, 6.45) is 0.912. The second kappa shape index (κ2) is 9.54. The van der Waals surface area contributed by atoms with Crippen molar-refractivity contribution in [3.63, 3.8) is 0 Å². The Morgan fingerprint density at radius 3 is 2.78 bits per heavy atom. The number of para-hydroxylation sites is 2. The van der Waals surface area contributed by atoms with Crippen LogP contribution in [0.5, 0.6) is 5.75 Å². The summed E-state index contributed by atoms with van der Waals surface area (Å²) in [5, 5.41) is 4.69. The lowest BCUT2D eigenvalue weighted by atomic mass is 10.0. The number of benzene rings is 2. The van der Waals surface area contributed by atoms with Gasteiger partial charge in [-0.1, -0.05) is 24.3 Å². The van der Waals surface area contributed by atoms with E-state index in [2.05, 4.69) is 23.3 Å². The van der Waals surface area contributed by atoms with Gasteiger partial charge in [-0.05, 0) is 43.3 Å². The fourth-order valence-corrected chi connectivity index (χ4v) is 6.15. The summed E-state index contributed by atoms with van der Waals surface area (Å²) >= 11 is 3.22. The number of rotatable bonds is 5. The minimum absolute atomic E-state index is 0. The molecule has 32 heavy (non-hydrogen) atoms. The standard InChI is InChI=1S/C23H20FN3O2S2.ClH/c1-27-11-10-14-19(12-27)31-23(21(14)22-25-16-7-3-5-9-18(16)30-22)26-20(28)13-29-17-8-4-2-6-15(17)24;/h2-9H,10-13H2,1H3,(H,26,28);1H. The van der Waals surface area contributed by atoms with Crippen molar-refractivity contribution >= 4 is 56.2 Å². The number of aromatic nitrogens is 1. The first-order valence-electron chi connectivity index (χ1n) is 9.94. The number of anilines is 1. The first kappa shape index (κ1) is 22.7. The molecule has 2 aromatic carbocycles. The highest BCUT2D eigenvalue weighted by atomic mass is 35.5. The maximum absolute atomic E-state index is 13.8.